The lowest BCUT2D eigenvalue weighted by Gasteiger charge is -2.32. The average Bonchev–Trinajstić information content (AvgIpc) is 2.55. The van der Waals surface area contributed by atoms with E-state index in [0.717, 1.165) is 25.7 Å². The van der Waals surface area contributed by atoms with Crippen LogP contribution in [0.15, 0.2) is 30.3 Å². The Labute approximate surface area is 130 Å². The molecule has 0 radical (unpaired) electrons. The first-order valence-corrected chi connectivity index (χ1v) is 8.71. The van der Waals surface area contributed by atoms with Crippen molar-refractivity contribution in [3.05, 3.63) is 35.9 Å². The van der Waals surface area contributed by atoms with Crippen LogP contribution < -0.4 is 5.32 Å². The summed E-state index contributed by atoms with van der Waals surface area (Å²) in [6.07, 6.45) is 6.16. The molecule has 0 bridgehead atoms. The van der Waals surface area contributed by atoms with Crippen LogP contribution in [0.25, 0.3) is 0 Å². The van der Waals surface area contributed by atoms with E-state index in [0.29, 0.717) is 12.0 Å². The van der Waals surface area contributed by atoms with Crippen LogP contribution >= 0.6 is 0 Å². The van der Waals surface area contributed by atoms with Gasteiger partial charge in [0, 0.05) is 19.3 Å². The molecule has 2 rings (SSSR count). The van der Waals surface area contributed by atoms with E-state index in [1.807, 2.05) is 0 Å². The predicted molar refractivity (Wildman–Crippen MR) is 89.7 cm³/mol. The Kier molecular flexibility index (Phi) is 7.25. The summed E-state index contributed by atoms with van der Waals surface area (Å²) >= 11 is 0. The van der Waals surface area contributed by atoms with Crippen LogP contribution in [0.1, 0.15) is 57.4 Å². The quantitative estimate of drug-likeness (QED) is 0.767. The highest BCUT2D eigenvalue weighted by Crippen LogP contribution is 2.30. The van der Waals surface area contributed by atoms with Crippen molar-refractivity contribution in [1.29, 1.82) is 0 Å². The molecule has 1 aliphatic rings. The first-order chi connectivity index (χ1) is 10.3. The summed E-state index contributed by atoms with van der Waals surface area (Å²) in [5.74, 6) is 1.45. The zero-order valence-electron chi connectivity index (χ0n) is 13.7. The van der Waals surface area contributed by atoms with Gasteiger partial charge in [-0.1, -0.05) is 44.2 Å². The first-order valence-electron chi connectivity index (χ1n) is 8.71. The molecule has 1 aliphatic heterocycles. The smallest absolute Gasteiger partial charge is 0.0468 e. The van der Waals surface area contributed by atoms with Crippen LogP contribution in [0.5, 0.6) is 0 Å². The third-order valence-corrected chi connectivity index (χ3v) is 4.74. The summed E-state index contributed by atoms with van der Waals surface area (Å²) in [7, 11) is 0. The van der Waals surface area contributed by atoms with Gasteiger partial charge in [-0.05, 0) is 56.0 Å². The van der Waals surface area contributed by atoms with Gasteiger partial charge in [0.15, 0.2) is 0 Å². The third-order valence-electron chi connectivity index (χ3n) is 4.74. The SMILES string of the molecule is CCCNC(CC1CCOCC1)C(CC)c1ccccc1. The van der Waals surface area contributed by atoms with Crippen LogP contribution in [0.2, 0.25) is 0 Å². The van der Waals surface area contributed by atoms with Gasteiger partial charge in [0.1, 0.15) is 0 Å². The predicted octanol–water partition coefficient (Wildman–Crippen LogP) is 4.37. The van der Waals surface area contributed by atoms with Gasteiger partial charge in [-0.25, -0.2) is 0 Å². The highest BCUT2D eigenvalue weighted by molar-refractivity contribution is 5.21. The molecular formula is C19H31NO. The molecule has 1 aromatic carbocycles. The maximum absolute atomic E-state index is 5.51. The molecule has 1 N–H and O–H groups in total. The minimum Gasteiger partial charge on any atom is -0.381 e. The van der Waals surface area contributed by atoms with Crippen molar-refractivity contribution in [1.82, 2.24) is 5.32 Å². The molecular weight excluding hydrogens is 258 g/mol. The molecule has 0 amide bonds. The molecule has 1 saturated heterocycles. The van der Waals surface area contributed by atoms with Gasteiger partial charge in [-0.2, -0.15) is 0 Å². The fourth-order valence-corrected chi connectivity index (χ4v) is 3.51. The van der Waals surface area contributed by atoms with E-state index in [4.69, 9.17) is 4.74 Å². The second-order valence-corrected chi connectivity index (χ2v) is 6.28. The Morgan fingerprint density at radius 3 is 2.48 bits per heavy atom. The molecule has 2 heteroatoms. The van der Waals surface area contributed by atoms with Crippen LogP contribution in [0.3, 0.4) is 0 Å². The van der Waals surface area contributed by atoms with E-state index in [1.54, 1.807) is 0 Å². The fourth-order valence-electron chi connectivity index (χ4n) is 3.51. The topological polar surface area (TPSA) is 21.3 Å². The Balaban J connectivity index is 2.04. The third kappa shape index (κ3) is 5.12. The van der Waals surface area contributed by atoms with Gasteiger partial charge in [0.05, 0.1) is 0 Å². The van der Waals surface area contributed by atoms with E-state index >= 15 is 0 Å². The summed E-state index contributed by atoms with van der Waals surface area (Å²) in [4.78, 5) is 0. The van der Waals surface area contributed by atoms with Gasteiger partial charge in [-0.3, -0.25) is 0 Å². The largest absolute Gasteiger partial charge is 0.381 e. The Morgan fingerprint density at radius 1 is 1.14 bits per heavy atom. The van der Waals surface area contributed by atoms with Crippen molar-refractivity contribution >= 4 is 0 Å². The minimum absolute atomic E-state index is 0.598. The lowest BCUT2D eigenvalue weighted by Crippen LogP contribution is -2.38. The van der Waals surface area contributed by atoms with Gasteiger partial charge < -0.3 is 10.1 Å². The van der Waals surface area contributed by atoms with Crippen molar-refractivity contribution in [2.75, 3.05) is 19.8 Å². The number of hydrogen-bond donors (Lipinski definition) is 1. The maximum atomic E-state index is 5.51. The summed E-state index contributed by atoms with van der Waals surface area (Å²) in [5.41, 5.74) is 1.49. The molecule has 118 valence electrons. The molecule has 2 nitrogen and oxygen atoms in total. The lowest BCUT2D eigenvalue weighted by atomic mass is 9.82. The molecule has 2 atom stereocenters. The van der Waals surface area contributed by atoms with Crippen molar-refractivity contribution in [2.24, 2.45) is 5.92 Å². The standard InChI is InChI=1S/C19H31NO/c1-3-12-20-19(15-16-10-13-21-14-11-16)18(4-2)17-8-6-5-7-9-17/h5-9,16,18-20H,3-4,10-15H2,1-2H3. The number of rotatable bonds is 8. The van der Waals surface area contributed by atoms with E-state index < -0.39 is 0 Å². The second-order valence-electron chi connectivity index (χ2n) is 6.28. The van der Waals surface area contributed by atoms with Crippen LogP contribution in [-0.4, -0.2) is 25.8 Å². The normalized spacial score (nSPS) is 19.3. The molecule has 0 spiro atoms. The van der Waals surface area contributed by atoms with Crippen LogP contribution in [0.4, 0.5) is 0 Å². The number of ether oxygens (including phenoxy) is 1. The van der Waals surface area contributed by atoms with Gasteiger partial charge in [0.2, 0.25) is 0 Å². The minimum atomic E-state index is 0.598. The average molecular weight is 289 g/mol. The molecule has 0 aromatic heterocycles. The van der Waals surface area contributed by atoms with Crippen molar-refractivity contribution in [3.63, 3.8) is 0 Å². The fraction of sp³-hybridized carbons (Fsp3) is 0.684. The van der Waals surface area contributed by atoms with Gasteiger partial charge >= 0.3 is 0 Å². The number of benzene rings is 1. The van der Waals surface area contributed by atoms with Crippen LogP contribution in [-0.2, 0) is 4.74 Å². The van der Waals surface area contributed by atoms with Crippen molar-refractivity contribution in [2.45, 2.75) is 57.9 Å². The summed E-state index contributed by atoms with van der Waals surface area (Å²) in [5, 5.41) is 3.83. The zero-order chi connectivity index (χ0) is 14.9. The van der Waals surface area contributed by atoms with E-state index in [2.05, 4.69) is 49.5 Å². The first kappa shape index (κ1) is 16.5. The highest BCUT2D eigenvalue weighted by atomic mass is 16.5. The molecule has 1 aromatic rings. The molecule has 21 heavy (non-hydrogen) atoms. The lowest BCUT2D eigenvalue weighted by molar-refractivity contribution is 0.0593. The Bertz CT molecular complexity index is 372. The van der Waals surface area contributed by atoms with Gasteiger partial charge in [-0.15, -0.1) is 0 Å². The number of hydrogen-bond acceptors (Lipinski definition) is 2. The summed E-state index contributed by atoms with van der Waals surface area (Å²) in [6.45, 7) is 7.60. The highest BCUT2D eigenvalue weighted by Gasteiger charge is 2.25. The number of nitrogens with one attached hydrogen (secondary N) is 1. The zero-order valence-corrected chi connectivity index (χ0v) is 13.7. The van der Waals surface area contributed by atoms with E-state index in [9.17, 15) is 0 Å². The van der Waals surface area contributed by atoms with Crippen molar-refractivity contribution < 1.29 is 4.74 Å². The van der Waals surface area contributed by atoms with Crippen LogP contribution in [0, 0.1) is 5.92 Å². The monoisotopic (exact) mass is 289 g/mol. The Hall–Kier alpha value is -0.860. The molecule has 0 aliphatic carbocycles. The summed E-state index contributed by atoms with van der Waals surface area (Å²) < 4.78 is 5.51. The summed E-state index contributed by atoms with van der Waals surface area (Å²) in [6, 6.07) is 11.6. The molecule has 1 fully saturated rings. The van der Waals surface area contributed by atoms with Gasteiger partial charge in [0.25, 0.3) is 0 Å². The Morgan fingerprint density at radius 2 is 1.86 bits per heavy atom. The molecule has 1 heterocycles. The maximum Gasteiger partial charge on any atom is 0.0468 e. The second kappa shape index (κ2) is 9.22. The van der Waals surface area contributed by atoms with E-state index in [1.165, 1.54) is 37.7 Å². The molecule has 0 saturated carbocycles. The van der Waals surface area contributed by atoms with E-state index in [-0.39, 0.29) is 0 Å². The molecule has 2 unspecified atom stereocenters. The van der Waals surface area contributed by atoms with Crippen molar-refractivity contribution in [3.8, 4) is 0 Å².